The molecule has 6 nitrogen and oxygen atoms in total. The van der Waals surface area contributed by atoms with Gasteiger partial charge in [-0.15, -0.1) is 0 Å². The van der Waals surface area contributed by atoms with E-state index < -0.39 is 20.4 Å². The van der Waals surface area contributed by atoms with E-state index in [9.17, 15) is 5.11 Å². The first kappa shape index (κ1) is 27.2. The van der Waals surface area contributed by atoms with E-state index in [-0.39, 0.29) is 6.61 Å². The van der Waals surface area contributed by atoms with Crippen LogP contribution in [0.3, 0.4) is 0 Å². The number of aliphatic hydroxyl groups is 1. The highest BCUT2D eigenvalue weighted by Crippen LogP contribution is 2.25. The molecule has 7 N–H and O–H groups in total. The van der Waals surface area contributed by atoms with Gasteiger partial charge in [0.1, 0.15) is 5.72 Å². The van der Waals surface area contributed by atoms with E-state index in [1.807, 2.05) is 0 Å². The number of rotatable bonds is 20. The van der Waals surface area contributed by atoms with Gasteiger partial charge in [0.25, 0.3) is 0 Å². The van der Waals surface area contributed by atoms with E-state index in [2.05, 4.69) is 11.4 Å². The van der Waals surface area contributed by atoms with Gasteiger partial charge in [0, 0.05) is 0 Å². The fourth-order valence-corrected chi connectivity index (χ4v) is 3.55. The highest BCUT2D eigenvalue weighted by Gasteiger charge is 2.29. The highest BCUT2D eigenvalue weighted by molar-refractivity contribution is 7.39. The predicted molar refractivity (Wildman–Crippen MR) is 114 cm³/mol. The lowest BCUT2D eigenvalue weighted by Gasteiger charge is -2.29. The zero-order valence-corrected chi connectivity index (χ0v) is 18.3. The van der Waals surface area contributed by atoms with Crippen LogP contribution in [0.5, 0.6) is 0 Å². The summed E-state index contributed by atoms with van der Waals surface area (Å²) in [6.45, 7) is 2.10. The van der Waals surface area contributed by atoms with E-state index in [0.717, 1.165) is 19.3 Å². The van der Waals surface area contributed by atoms with E-state index in [0.29, 0.717) is 6.42 Å². The molecule has 7 heteroatoms. The van der Waals surface area contributed by atoms with Crippen molar-refractivity contribution in [3.63, 3.8) is 0 Å². The number of nitrogens with two attached hydrogens (primary N) is 2. The summed E-state index contributed by atoms with van der Waals surface area (Å²) >= 11 is 0. The molecule has 0 aliphatic heterocycles. The fourth-order valence-electron chi connectivity index (χ4n) is 3.26. The smallest absolute Gasteiger partial charge is 0.327 e. The van der Waals surface area contributed by atoms with Gasteiger partial charge in [-0.25, -0.2) is 0 Å². The summed E-state index contributed by atoms with van der Waals surface area (Å²) in [7, 11) is -2.46. The quantitative estimate of drug-likeness (QED) is 0.115. The Hall–Kier alpha value is 0.190. The molecule has 164 valence electrons. The molecule has 0 amide bonds. The Balaban J connectivity index is 3.37. The molecule has 0 aliphatic rings. The molecule has 0 rings (SSSR count). The van der Waals surface area contributed by atoms with E-state index in [1.54, 1.807) is 0 Å². The first-order valence-electron chi connectivity index (χ1n) is 11.0. The number of unbranched alkanes of at least 4 members (excludes halogenated alkanes) is 14. The summed E-state index contributed by atoms with van der Waals surface area (Å²) < 4.78 is 4.63. The average molecular weight is 409 g/mol. The van der Waals surface area contributed by atoms with Gasteiger partial charge in [0.05, 0.1) is 12.6 Å². The molecule has 0 aliphatic carbocycles. The Morgan fingerprint density at radius 3 is 1.52 bits per heavy atom. The van der Waals surface area contributed by atoms with Crippen molar-refractivity contribution < 1.29 is 19.4 Å². The van der Waals surface area contributed by atoms with Crippen LogP contribution >= 0.6 is 8.60 Å². The summed E-state index contributed by atoms with van der Waals surface area (Å²) in [6, 6.07) is -0.826. The van der Waals surface area contributed by atoms with Gasteiger partial charge in [0.2, 0.25) is 0 Å². The van der Waals surface area contributed by atoms with Crippen molar-refractivity contribution in [3.8, 4) is 0 Å². The van der Waals surface area contributed by atoms with Crippen molar-refractivity contribution in [2.75, 3.05) is 6.61 Å². The summed E-state index contributed by atoms with van der Waals surface area (Å²) in [5, 5.41) is 10.1. The highest BCUT2D eigenvalue weighted by atomic mass is 31.2. The second-order valence-corrected chi connectivity index (χ2v) is 8.61. The van der Waals surface area contributed by atoms with Crippen molar-refractivity contribution >= 4 is 8.60 Å². The van der Waals surface area contributed by atoms with Crippen LogP contribution in [0, 0.1) is 0 Å². The normalized spacial score (nSPS) is 15.2. The molecule has 0 saturated heterocycles. The lowest BCUT2D eigenvalue weighted by molar-refractivity contribution is -0.00540. The first-order chi connectivity index (χ1) is 12.9. The maximum absolute atomic E-state index is 10.1. The zero-order valence-electron chi connectivity index (χ0n) is 17.4. The molecule has 0 aromatic rings. The van der Waals surface area contributed by atoms with Crippen molar-refractivity contribution in [1.29, 1.82) is 0 Å². The van der Waals surface area contributed by atoms with Gasteiger partial charge in [0.15, 0.2) is 0 Å². The molecular weight excluding hydrogens is 363 g/mol. The van der Waals surface area contributed by atoms with E-state index in [4.69, 9.17) is 21.3 Å². The Bertz CT molecular complexity index is 320. The predicted octanol–water partition coefficient (Wildman–Crippen LogP) is 4.45. The minimum atomic E-state index is -2.46. The minimum absolute atomic E-state index is 0.162. The minimum Gasteiger partial charge on any atom is -0.374 e. The Morgan fingerprint density at radius 1 is 0.778 bits per heavy atom. The first-order valence-corrected chi connectivity index (χ1v) is 12.1. The average Bonchev–Trinajstić information content (AvgIpc) is 2.62. The maximum atomic E-state index is 10.1. The molecule has 0 fully saturated rings. The zero-order chi connectivity index (χ0) is 20.4. The third-order valence-corrected chi connectivity index (χ3v) is 5.57. The summed E-state index contributed by atoms with van der Waals surface area (Å²) in [5.74, 6) is 0. The Kier molecular flexibility index (Phi) is 18.4. The van der Waals surface area contributed by atoms with Gasteiger partial charge in [-0.05, 0) is 12.8 Å². The molecule has 0 radical (unpaired) electrons. The molecule has 27 heavy (non-hydrogen) atoms. The van der Waals surface area contributed by atoms with Crippen LogP contribution in [0.15, 0.2) is 0 Å². The van der Waals surface area contributed by atoms with Crippen LogP contribution in [0.4, 0.5) is 0 Å². The van der Waals surface area contributed by atoms with E-state index in [1.165, 1.54) is 77.0 Å². The van der Waals surface area contributed by atoms with Crippen LogP contribution in [-0.2, 0) is 4.52 Å². The Morgan fingerprint density at radius 2 is 1.15 bits per heavy atom. The standard InChI is InChI=1S/C20H45N2O4P/c1-2-3-4-5-6-7-8-9-10-11-12-13-14-15-16-17-20(22,23)19(21)18-26-27(24)25/h19,23-25H,2-18,21-22H2,1H3/t19?,20-/m1/s1. The summed E-state index contributed by atoms with van der Waals surface area (Å²) in [5.41, 5.74) is 10.0. The van der Waals surface area contributed by atoms with Gasteiger partial charge < -0.3 is 30.9 Å². The van der Waals surface area contributed by atoms with Gasteiger partial charge in [-0.3, -0.25) is 0 Å². The molecule has 1 unspecified atom stereocenters. The van der Waals surface area contributed by atoms with Gasteiger partial charge >= 0.3 is 8.60 Å². The monoisotopic (exact) mass is 408 g/mol. The van der Waals surface area contributed by atoms with Crippen LogP contribution in [0.25, 0.3) is 0 Å². The van der Waals surface area contributed by atoms with Crippen LogP contribution in [0.2, 0.25) is 0 Å². The van der Waals surface area contributed by atoms with Crippen molar-refractivity contribution in [1.82, 2.24) is 0 Å². The fraction of sp³-hybridized carbons (Fsp3) is 1.00. The second-order valence-electron chi connectivity index (χ2n) is 7.85. The SMILES string of the molecule is CCCCCCCCCCCCCCCCC[C@@](N)(O)C(N)COP(O)O. The summed E-state index contributed by atoms with van der Waals surface area (Å²) in [4.78, 5) is 17.4. The summed E-state index contributed by atoms with van der Waals surface area (Å²) in [6.07, 6.45) is 19.7. The lowest BCUT2D eigenvalue weighted by Crippen LogP contribution is -2.57. The van der Waals surface area contributed by atoms with Crippen LogP contribution in [-0.4, -0.2) is 33.3 Å². The van der Waals surface area contributed by atoms with Crippen molar-refractivity contribution in [2.24, 2.45) is 11.5 Å². The van der Waals surface area contributed by atoms with E-state index >= 15 is 0 Å². The van der Waals surface area contributed by atoms with Crippen molar-refractivity contribution in [2.45, 2.75) is 121 Å². The molecule has 0 spiro atoms. The molecular formula is C20H45N2O4P. The van der Waals surface area contributed by atoms with Crippen LogP contribution in [0.1, 0.15) is 110 Å². The molecule has 0 aromatic heterocycles. The maximum Gasteiger partial charge on any atom is 0.327 e. The van der Waals surface area contributed by atoms with Gasteiger partial charge in [-0.2, -0.15) is 0 Å². The second kappa shape index (κ2) is 18.2. The topological polar surface area (TPSA) is 122 Å². The number of hydrogen-bond acceptors (Lipinski definition) is 6. The van der Waals surface area contributed by atoms with Gasteiger partial charge in [-0.1, -0.05) is 96.8 Å². The molecule has 0 aromatic carbocycles. The third kappa shape index (κ3) is 18.0. The molecule has 2 atom stereocenters. The third-order valence-electron chi connectivity index (χ3n) is 5.19. The molecule has 0 bridgehead atoms. The number of hydrogen-bond donors (Lipinski definition) is 5. The molecule has 0 saturated carbocycles. The largest absolute Gasteiger partial charge is 0.374 e. The Labute approximate surface area is 168 Å². The molecule has 0 heterocycles. The van der Waals surface area contributed by atoms with Crippen LogP contribution < -0.4 is 11.5 Å². The lowest BCUT2D eigenvalue weighted by atomic mass is 9.98. The van der Waals surface area contributed by atoms with Crippen molar-refractivity contribution in [3.05, 3.63) is 0 Å².